The van der Waals surface area contributed by atoms with Gasteiger partial charge in [-0.15, -0.1) is 0 Å². The molecule has 0 spiro atoms. The number of para-hydroxylation sites is 4. The third-order valence-corrected chi connectivity index (χ3v) is 11.0. The lowest BCUT2D eigenvalue weighted by atomic mass is 10.0. The van der Waals surface area contributed by atoms with Crippen LogP contribution in [0.1, 0.15) is 38.8 Å². The van der Waals surface area contributed by atoms with E-state index in [4.69, 9.17) is 29.9 Å². The van der Waals surface area contributed by atoms with Crippen LogP contribution in [0.3, 0.4) is 0 Å². The number of hydrogen-bond acceptors (Lipinski definition) is 6. The van der Waals surface area contributed by atoms with Crippen LogP contribution in [0.15, 0.2) is 121 Å². The Balaban J connectivity index is 0.963. The first-order valence-electron chi connectivity index (χ1n) is 19.9. The molecule has 10 rings (SSSR count). The van der Waals surface area contributed by atoms with Crippen LogP contribution in [-0.4, -0.2) is 48.2 Å². The molecule has 0 unspecified atom stereocenters. The molecule has 0 aliphatic carbocycles. The summed E-state index contributed by atoms with van der Waals surface area (Å²) in [5.41, 5.74) is 14.0. The molecule has 0 aliphatic rings. The number of aromatic nitrogens is 10. The summed E-state index contributed by atoms with van der Waals surface area (Å²) in [6, 6.07) is 42.0. The molecule has 0 saturated heterocycles. The highest BCUT2D eigenvalue weighted by molar-refractivity contribution is 5.84. The largest absolute Gasteiger partial charge is 0.323 e. The lowest BCUT2D eigenvalue weighted by molar-refractivity contribution is 0.788. The lowest BCUT2D eigenvalue weighted by Gasteiger charge is -2.09. The highest BCUT2D eigenvalue weighted by atomic mass is 15.1. The number of fused-ring (bicyclic) bond motifs is 4. The maximum atomic E-state index is 5.18. The topological polar surface area (TPSA) is 97.1 Å². The van der Waals surface area contributed by atoms with Crippen LogP contribution in [0, 0.1) is 0 Å². The van der Waals surface area contributed by atoms with E-state index in [1.165, 1.54) is 11.1 Å². The van der Waals surface area contributed by atoms with Crippen molar-refractivity contribution in [2.75, 3.05) is 0 Å². The molecule has 0 bridgehead atoms. The Morgan fingerprint density at radius 1 is 0.333 bits per heavy atom. The second kappa shape index (κ2) is 14.0. The number of imidazole rings is 4. The van der Waals surface area contributed by atoms with Crippen LogP contribution >= 0.6 is 0 Å². The second-order valence-electron chi connectivity index (χ2n) is 14.3. The number of hydrogen-bond donors (Lipinski definition) is 0. The normalized spacial score (nSPS) is 11.9. The summed E-state index contributed by atoms with van der Waals surface area (Å²) < 4.78 is 8.95. The molecule has 0 fully saturated rings. The van der Waals surface area contributed by atoms with Gasteiger partial charge in [0.15, 0.2) is 23.3 Å². The average Bonchev–Trinajstić information content (AvgIpc) is 4.03. The minimum absolute atomic E-state index is 0.760. The van der Waals surface area contributed by atoms with Gasteiger partial charge in [0.05, 0.1) is 44.1 Å². The fourth-order valence-electron chi connectivity index (χ4n) is 8.39. The van der Waals surface area contributed by atoms with Crippen LogP contribution in [-0.2, 0) is 32.6 Å². The van der Waals surface area contributed by atoms with Crippen molar-refractivity contribution in [3.05, 3.63) is 132 Å². The number of aryl methyl sites for hydroxylation is 4. The molecule has 10 heteroatoms. The SMILES string of the molecule is CCn1c(-c2cccc(-c3nc4cc(Cc5ccc6c(c5)nc(-c5cccc(-c7nc8ccccc8n7CC)n5)n6CC)ccc4n3CC)n2)nc2ccccc21. The van der Waals surface area contributed by atoms with Crippen LogP contribution in [0.4, 0.5) is 0 Å². The van der Waals surface area contributed by atoms with Gasteiger partial charge in [-0.25, -0.2) is 29.9 Å². The number of pyridine rings is 2. The van der Waals surface area contributed by atoms with E-state index in [1.54, 1.807) is 0 Å². The molecule has 6 aromatic heterocycles. The van der Waals surface area contributed by atoms with Crippen molar-refractivity contribution >= 4 is 44.1 Å². The molecule has 57 heavy (non-hydrogen) atoms. The van der Waals surface area contributed by atoms with Crippen LogP contribution < -0.4 is 0 Å². The fourth-order valence-corrected chi connectivity index (χ4v) is 8.39. The molecule has 0 amide bonds. The summed E-state index contributed by atoms with van der Waals surface area (Å²) in [6.07, 6.45) is 0.760. The summed E-state index contributed by atoms with van der Waals surface area (Å²) in [7, 11) is 0. The minimum Gasteiger partial charge on any atom is -0.323 e. The summed E-state index contributed by atoms with van der Waals surface area (Å²) in [5, 5.41) is 0. The monoisotopic (exact) mass is 746 g/mol. The van der Waals surface area contributed by atoms with E-state index in [-0.39, 0.29) is 0 Å². The molecule has 10 aromatic rings. The number of rotatable bonds is 10. The van der Waals surface area contributed by atoms with Crippen LogP contribution in [0.2, 0.25) is 0 Å². The second-order valence-corrected chi connectivity index (χ2v) is 14.3. The van der Waals surface area contributed by atoms with Crippen molar-refractivity contribution in [1.82, 2.24) is 48.2 Å². The standard InChI is InChI=1S/C47H42N10/c1-5-54-40-21-11-9-15-32(40)50-44(54)34-17-13-19-36(48-34)46-52-38-28-30(23-25-42(38)56(46)7-3)27-31-24-26-43-39(29-31)53-47(57(43)8-4)37-20-14-18-35(49-37)45-51-33-16-10-12-22-41(33)55(45)6-2/h9-26,28-29H,5-8,27H2,1-4H3. The Labute approximate surface area is 330 Å². The van der Waals surface area contributed by atoms with Gasteiger partial charge >= 0.3 is 0 Å². The molecule has 4 aromatic carbocycles. The summed E-state index contributed by atoms with van der Waals surface area (Å²) in [4.78, 5) is 30.5. The van der Waals surface area contributed by atoms with Gasteiger partial charge in [0, 0.05) is 26.2 Å². The quantitative estimate of drug-likeness (QED) is 0.138. The van der Waals surface area contributed by atoms with Gasteiger partial charge in [0.1, 0.15) is 22.8 Å². The minimum atomic E-state index is 0.760. The van der Waals surface area contributed by atoms with Gasteiger partial charge in [-0.2, -0.15) is 0 Å². The fraction of sp³-hybridized carbons (Fsp3) is 0.191. The van der Waals surface area contributed by atoms with E-state index in [0.29, 0.717) is 0 Å². The van der Waals surface area contributed by atoms with Gasteiger partial charge < -0.3 is 18.3 Å². The predicted octanol–water partition coefficient (Wildman–Crippen LogP) is 10.2. The molecule has 0 atom stereocenters. The summed E-state index contributed by atoms with van der Waals surface area (Å²) >= 11 is 0. The molecule has 0 N–H and O–H groups in total. The van der Waals surface area contributed by atoms with Gasteiger partial charge in [-0.05, 0) is 118 Å². The van der Waals surface area contributed by atoms with E-state index in [9.17, 15) is 0 Å². The maximum absolute atomic E-state index is 5.18. The van der Waals surface area contributed by atoms with Gasteiger partial charge in [-0.3, -0.25) is 0 Å². The molecule has 10 nitrogen and oxygen atoms in total. The zero-order valence-corrected chi connectivity index (χ0v) is 32.6. The zero-order chi connectivity index (χ0) is 38.6. The van der Waals surface area contributed by atoms with Crippen molar-refractivity contribution < 1.29 is 0 Å². The number of benzene rings is 4. The van der Waals surface area contributed by atoms with Crippen molar-refractivity contribution in [3.63, 3.8) is 0 Å². The average molecular weight is 747 g/mol. The Morgan fingerprint density at radius 3 is 1.04 bits per heavy atom. The summed E-state index contributed by atoms with van der Waals surface area (Å²) in [6.45, 7) is 11.8. The zero-order valence-electron chi connectivity index (χ0n) is 32.6. The van der Waals surface area contributed by atoms with Crippen molar-refractivity contribution in [3.8, 4) is 46.1 Å². The maximum Gasteiger partial charge on any atom is 0.159 e. The third-order valence-electron chi connectivity index (χ3n) is 11.0. The van der Waals surface area contributed by atoms with Gasteiger partial charge in [0.2, 0.25) is 0 Å². The van der Waals surface area contributed by atoms with Gasteiger partial charge in [0.25, 0.3) is 0 Å². The molecule has 280 valence electrons. The molecular weight excluding hydrogens is 705 g/mol. The number of nitrogens with zero attached hydrogens (tertiary/aromatic N) is 10. The highest BCUT2D eigenvalue weighted by Gasteiger charge is 2.19. The Bertz CT molecular complexity index is 2910. The van der Waals surface area contributed by atoms with Crippen molar-refractivity contribution in [2.24, 2.45) is 0 Å². The highest BCUT2D eigenvalue weighted by Crippen LogP contribution is 2.31. The van der Waals surface area contributed by atoms with E-state index >= 15 is 0 Å². The van der Waals surface area contributed by atoms with Gasteiger partial charge in [-0.1, -0.05) is 48.5 Å². The molecule has 6 heterocycles. The van der Waals surface area contributed by atoms with E-state index in [1.807, 2.05) is 36.4 Å². The third kappa shape index (κ3) is 5.78. The smallest absolute Gasteiger partial charge is 0.159 e. The molecule has 0 radical (unpaired) electrons. The van der Waals surface area contributed by atoms with E-state index in [2.05, 4.69) is 131 Å². The Morgan fingerprint density at radius 2 is 0.667 bits per heavy atom. The van der Waals surface area contributed by atoms with Crippen LogP contribution in [0.25, 0.3) is 90.2 Å². The Hall–Kier alpha value is -6.94. The first-order valence-corrected chi connectivity index (χ1v) is 19.9. The van der Waals surface area contributed by atoms with E-state index < -0.39 is 0 Å². The first kappa shape index (κ1) is 34.5. The van der Waals surface area contributed by atoms with Crippen molar-refractivity contribution in [1.29, 1.82) is 0 Å². The van der Waals surface area contributed by atoms with E-state index in [0.717, 1.165) is 123 Å². The first-order chi connectivity index (χ1) is 28.0. The molecule has 0 aliphatic heterocycles. The molecule has 0 saturated carbocycles. The summed E-state index contributed by atoms with van der Waals surface area (Å²) in [5.74, 6) is 3.45. The lowest BCUT2D eigenvalue weighted by Crippen LogP contribution is -2.02. The molecular formula is C47H42N10. The van der Waals surface area contributed by atoms with Crippen molar-refractivity contribution in [2.45, 2.75) is 60.3 Å². The van der Waals surface area contributed by atoms with Crippen LogP contribution in [0.5, 0.6) is 0 Å². The predicted molar refractivity (Wildman–Crippen MR) is 229 cm³/mol. The Kier molecular flexibility index (Phi) is 8.47.